The molecule has 1 aliphatic rings. The largest absolute Gasteiger partial charge is 0.355 e. The number of halogens is 1. The van der Waals surface area contributed by atoms with Crippen molar-refractivity contribution in [3.05, 3.63) is 0 Å². The van der Waals surface area contributed by atoms with Gasteiger partial charge in [-0.3, -0.25) is 4.79 Å². The number of alkyl halides is 1. The van der Waals surface area contributed by atoms with Gasteiger partial charge in [-0.1, -0.05) is 42.1 Å². The average Bonchev–Trinajstić information content (AvgIpc) is 3.04. The molecule has 1 fully saturated rings. The predicted octanol–water partition coefficient (Wildman–Crippen LogP) is 3.25. The van der Waals surface area contributed by atoms with Gasteiger partial charge in [0, 0.05) is 17.8 Å². The van der Waals surface area contributed by atoms with E-state index in [1.807, 2.05) is 0 Å². The average molecular weight is 276 g/mol. The van der Waals surface area contributed by atoms with E-state index in [4.69, 9.17) is 0 Å². The van der Waals surface area contributed by atoms with Gasteiger partial charge in [0.1, 0.15) is 0 Å². The molecule has 0 aliphatic heterocycles. The Labute approximate surface area is 101 Å². The molecule has 0 bridgehead atoms. The highest BCUT2D eigenvalue weighted by Gasteiger charge is 2.29. The van der Waals surface area contributed by atoms with Gasteiger partial charge in [-0.15, -0.1) is 0 Å². The van der Waals surface area contributed by atoms with E-state index in [-0.39, 0.29) is 5.91 Å². The fourth-order valence-electron chi connectivity index (χ4n) is 1.64. The second kappa shape index (κ2) is 7.26. The zero-order valence-corrected chi connectivity index (χ0v) is 11.2. The Bertz CT molecular complexity index is 192. The molecule has 0 heterocycles. The molecule has 0 spiro atoms. The maximum absolute atomic E-state index is 11.4. The van der Waals surface area contributed by atoms with E-state index in [9.17, 15) is 4.79 Å². The molecular weight excluding hydrogens is 254 g/mol. The second-order valence-corrected chi connectivity index (χ2v) is 5.64. The topological polar surface area (TPSA) is 29.1 Å². The minimum atomic E-state index is 0.219. The summed E-state index contributed by atoms with van der Waals surface area (Å²) < 4.78 is 0. The lowest BCUT2D eigenvalue weighted by atomic mass is 10.1. The summed E-state index contributed by atoms with van der Waals surface area (Å²) in [5.41, 5.74) is 0. The first-order chi connectivity index (χ1) is 7.24. The highest BCUT2D eigenvalue weighted by molar-refractivity contribution is 9.09. The van der Waals surface area contributed by atoms with Gasteiger partial charge in [-0.25, -0.2) is 0 Å². The Morgan fingerprint density at radius 2 is 2.13 bits per heavy atom. The van der Waals surface area contributed by atoms with E-state index in [1.165, 1.54) is 32.1 Å². The van der Waals surface area contributed by atoms with Crippen molar-refractivity contribution in [1.29, 1.82) is 0 Å². The summed E-state index contributed by atoms with van der Waals surface area (Å²) in [4.78, 5) is 11.9. The first kappa shape index (κ1) is 13.0. The van der Waals surface area contributed by atoms with Crippen LogP contribution < -0.4 is 5.32 Å². The van der Waals surface area contributed by atoms with Gasteiger partial charge in [-0.2, -0.15) is 0 Å². The Morgan fingerprint density at radius 1 is 1.40 bits per heavy atom. The first-order valence-corrected chi connectivity index (χ1v) is 7.06. The Balaban J connectivity index is 1.93. The first-order valence-electron chi connectivity index (χ1n) is 6.14. The second-order valence-electron chi connectivity index (χ2n) is 4.47. The highest BCUT2D eigenvalue weighted by Crippen LogP contribution is 2.36. The molecule has 1 N–H and O–H groups in total. The molecule has 0 saturated heterocycles. The third kappa shape index (κ3) is 6.18. The van der Waals surface area contributed by atoms with Crippen LogP contribution in [-0.2, 0) is 4.79 Å². The number of hydrogen-bond donors (Lipinski definition) is 1. The van der Waals surface area contributed by atoms with Crippen LogP contribution in [0.3, 0.4) is 0 Å². The number of unbranched alkanes of at least 4 members (excludes halogenated alkanes) is 3. The van der Waals surface area contributed by atoms with Crippen molar-refractivity contribution < 1.29 is 4.79 Å². The minimum Gasteiger partial charge on any atom is -0.355 e. The van der Waals surface area contributed by atoms with Crippen LogP contribution in [0.2, 0.25) is 0 Å². The number of rotatable bonds is 8. The molecule has 0 aromatic rings. The van der Waals surface area contributed by atoms with Gasteiger partial charge < -0.3 is 5.32 Å². The summed E-state index contributed by atoms with van der Waals surface area (Å²) in [5.74, 6) is 1.03. The quantitative estimate of drug-likeness (QED) is 0.535. The molecule has 0 radical (unpaired) electrons. The lowest BCUT2D eigenvalue weighted by Gasteiger charge is -2.09. The van der Waals surface area contributed by atoms with E-state index in [0.29, 0.717) is 11.2 Å². The molecule has 15 heavy (non-hydrogen) atoms. The van der Waals surface area contributed by atoms with E-state index in [1.54, 1.807) is 0 Å². The van der Waals surface area contributed by atoms with E-state index >= 15 is 0 Å². The van der Waals surface area contributed by atoms with Gasteiger partial charge in [0.15, 0.2) is 0 Å². The minimum absolute atomic E-state index is 0.219. The zero-order chi connectivity index (χ0) is 11.1. The van der Waals surface area contributed by atoms with Crippen LogP contribution in [0.25, 0.3) is 0 Å². The normalized spacial score (nSPS) is 17.5. The molecule has 0 aromatic carbocycles. The fraction of sp³-hybridized carbons (Fsp3) is 0.917. The molecule has 0 aromatic heterocycles. The summed E-state index contributed by atoms with van der Waals surface area (Å²) >= 11 is 3.61. The van der Waals surface area contributed by atoms with Crippen molar-refractivity contribution >= 4 is 21.8 Å². The molecule has 1 rings (SSSR count). The molecular formula is C12H22BrNO. The smallest absolute Gasteiger partial charge is 0.220 e. The van der Waals surface area contributed by atoms with Crippen LogP contribution in [0, 0.1) is 5.92 Å². The Hall–Kier alpha value is -0.0500. The number of carbonyl (C=O) groups is 1. The molecule has 1 amide bonds. The molecule has 1 atom stereocenters. The van der Waals surface area contributed by atoms with Crippen molar-refractivity contribution in [2.75, 3.05) is 6.54 Å². The summed E-state index contributed by atoms with van der Waals surface area (Å²) in [7, 11) is 0. The van der Waals surface area contributed by atoms with E-state index in [2.05, 4.69) is 28.2 Å². The number of hydrogen-bond acceptors (Lipinski definition) is 1. The van der Waals surface area contributed by atoms with Gasteiger partial charge >= 0.3 is 0 Å². The lowest BCUT2D eigenvalue weighted by molar-refractivity contribution is -0.121. The number of nitrogens with one attached hydrogen (secondary N) is 1. The van der Waals surface area contributed by atoms with Crippen LogP contribution in [0.5, 0.6) is 0 Å². The fourth-order valence-corrected chi connectivity index (χ4v) is 2.33. The summed E-state index contributed by atoms with van der Waals surface area (Å²) in [6, 6.07) is 0. The predicted molar refractivity (Wildman–Crippen MR) is 67.2 cm³/mol. The monoisotopic (exact) mass is 275 g/mol. The third-order valence-corrected chi connectivity index (χ3v) is 3.96. The van der Waals surface area contributed by atoms with Crippen molar-refractivity contribution in [3.63, 3.8) is 0 Å². The lowest BCUT2D eigenvalue weighted by Crippen LogP contribution is -2.30. The summed E-state index contributed by atoms with van der Waals surface area (Å²) in [6.45, 7) is 2.99. The van der Waals surface area contributed by atoms with Gasteiger partial charge in [0.25, 0.3) is 0 Å². The van der Waals surface area contributed by atoms with Crippen molar-refractivity contribution in [2.24, 2.45) is 5.92 Å². The van der Waals surface area contributed by atoms with Crippen LogP contribution in [0.1, 0.15) is 51.9 Å². The molecule has 1 unspecified atom stereocenters. The van der Waals surface area contributed by atoms with Crippen LogP contribution >= 0.6 is 15.9 Å². The third-order valence-electron chi connectivity index (χ3n) is 2.89. The molecule has 1 aliphatic carbocycles. The molecule has 88 valence electrons. The highest BCUT2D eigenvalue weighted by atomic mass is 79.9. The van der Waals surface area contributed by atoms with Gasteiger partial charge in [0.05, 0.1) is 0 Å². The van der Waals surface area contributed by atoms with Crippen molar-refractivity contribution in [3.8, 4) is 0 Å². The standard InChI is InChI=1S/C12H22BrNO/c1-2-3-4-5-6-12(15)14-9-11(13)10-7-8-10/h10-11H,2-9H2,1H3,(H,14,15). The molecule has 2 nitrogen and oxygen atoms in total. The van der Waals surface area contributed by atoms with Gasteiger partial charge in [0.2, 0.25) is 5.91 Å². The van der Waals surface area contributed by atoms with Crippen LogP contribution in [0.4, 0.5) is 0 Å². The van der Waals surface area contributed by atoms with Crippen LogP contribution in [0.15, 0.2) is 0 Å². The SMILES string of the molecule is CCCCCCC(=O)NCC(Br)C1CC1. The number of carbonyl (C=O) groups excluding carboxylic acids is 1. The summed E-state index contributed by atoms with van der Waals surface area (Å²) in [6.07, 6.45) is 8.04. The maximum Gasteiger partial charge on any atom is 0.220 e. The zero-order valence-electron chi connectivity index (χ0n) is 9.60. The van der Waals surface area contributed by atoms with Gasteiger partial charge in [-0.05, 0) is 25.2 Å². The Kier molecular flexibility index (Phi) is 6.30. The molecule has 1 saturated carbocycles. The molecule has 3 heteroatoms. The number of amides is 1. The Morgan fingerprint density at radius 3 is 2.73 bits per heavy atom. The van der Waals surface area contributed by atoms with Crippen LogP contribution in [-0.4, -0.2) is 17.3 Å². The van der Waals surface area contributed by atoms with E-state index < -0.39 is 0 Å². The van der Waals surface area contributed by atoms with E-state index in [0.717, 1.165) is 18.9 Å². The van der Waals surface area contributed by atoms with Crippen molar-refractivity contribution in [1.82, 2.24) is 5.32 Å². The van der Waals surface area contributed by atoms with Crippen molar-refractivity contribution in [2.45, 2.75) is 56.7 Å². The maximum atomic E-state index is 11.4. The summed E-state index contributed by atoms with van der Waals surface area (Å²) in [5, 5.41) is 2.99.